The van der Waals surface area contributed by atoms with E-state index >= 15 is 0 Å². The smallest absolute Gasteiger partial charge is 0.306 e. The molecule has 1 aliphatic heterocycles. The van der Waals surface area contributed by atoms with E-state index in [9.17, 15) is 13.2 Å². The summed E-state index contributed by atoms with van der Waals surface area (Å²) in [6.07, 6.45) is 0.732. The van der Waals surface area contributed by atoms with Crippen molar-refractivity contribution >= 4 is 16.0 Å². The molecule has 1 saturated heterocycles. The highest BCUT2D eigenvalue weighted by molar-refractivity contribution is 7.89. The fourth-order valence-electron chi connectivity index (χ4n) is 1.77. The van der Waals surface area contributed by atoms with E-state index in [2.05, 4.69) is 5.32 Å². The monoisotopic (exact) mass is 264 g/mol. The lowest BCUT2D eigenvalue weighted by Crippen LogP contribution is -2.40. The molecule has 1 atom stereocenters. The van der Waals surface area contributed by atoms with Crippen LogP contribution in [0, 0.1) is 0 Å². The highest BCUT2D eigenvalue weighted by atomic mass is 32.2. The minimum Gasteiger partial charge on any atom is -0.466 e. The molecule has 0 radical (unpaired) electrons. The van der Waals surface area contributed by atoms with Gasteiger partial charge in [0.15, 0.2) is 0 Å². The minimum absolute atomic E-state index is 0.00203. The van der Waals surface area contributed by atoms with Gasteiger partial charge in [-0.3, -0.25) is 4.79 Å². The summed E-state index contributed by atoms with van der Waals surface area (Å²) in [5, 5.41) is 3.11. The van der Waals surface area contributed by atoms with Crippen molar-refractivity contribution < 1.29 is 17.9 Å². The molecular formula is C10H20N2O4S. The number of rotatable bonds is 6. The second-order valence-electron chi connectivity index (χ2n) is 4.03. The van der Waals surface area contributed by atoms with Crippen molar-refractivity contribution in [3.63, 3.8) is 0 Å². The summed E-state index contributed by atoms with van der Waals surface area (Å²) in [5.74, 6) is -0.646. The van der Waals surface area contributed by atoms with Crippen LogP contribution in [-0.4, -0.2) is 57.2 Å². The first kappa shape index (κ1) is 14.4. The molecule has 1 unspecified atom stereocenters. The molecule has 0 aromatic heterocycles. The van der Waals surface area contributed by atoms with E-state index in [1.807, 2.05) is 0 Å². The van der Waals surface area contributed by atoms with Crippen LogP contribution in [0.4, 0.5) is 0 Å². The SMILES string of the molecule is CCOC(=O)CCS(=O)(=O)N(C)C1CCNC1. The molecule has 0 saturated carbocycles. The number of likely N-dealkylation sites (N-methyl/N-ethyl adjacent to an activating group) is 1. The number of nitrogens with one attached hydrogen (secondary N) is 1. The van der Waals surface area contributed by atoms with Gasteiger partial charge in [0.1, 0.15) is 0 Å². The first-order valence-electron chi connectivity index (χ1n) is 5.79. The lowest BCUT2D eigenvalue weighted by molar-refractivity contribution is -0.142. The maximum Gasteiger partial charge on any atom is 0.306 e. The third kappa shape index (κ3) is 4.25. The zero-order chi connectivity index (χ0) is 12.9. The van der Waals surface area contributed by atoms with E-state index in [1.165, 1.54) is 4.31 Å². The fraction of sp³-hybridized carbons (Fsp3) is 0.900. The molecule has 1 heterocycles. The van der Waals surface area contributed by atoms with Gasteiger partial charge in [-0.05, 0) is 19.9 Å². The van der Waals surface area contributed by atoms with Crippen molar-refractivity contribution in [1.29, 1.82) is 0 Å². The van der Waals surface area contributed by atoms with E-state index in [-0.39, 0.29) is 24.8 Å². The number of carbonyl (C=O) groups is 1. The Kier molecular flexibility index (Phi) is 5.35. The van der Waals surface area contributed by atoms with Crippen molar-refractivity contribution in [3.05, 3.63) is 0 Å². The van der Waals surface area contributed by atoms with Crippen LogP contribution < -0.4 is 5.32 Å². The van der Waals surface area contributed by atoms with Crippen molar-refractivity contribution in [1.82, 2.24) is 9.62 Å². The Hall–Kier alpha value is -0.660. The van der Waals surface area contributed by atoms with E-state index < -0.39 is 16.0 Å². The molecule has 100 valence electrons. The summed E-state index contributed by atoms with van der Waals surface area (Å²) in [6.45, 7) is 3.49. The minimum atomic E-state index is -3.36. The summed E-state index contributed by atoms with van der Waals surface area (Å²) in [5.41, 5.74) is 0. The number of carbonyl (C=O) groups excluding carboxylic acids is 1. The fourth-order valence-corrected chi connectivity index (χ4v) is 3.11. The quantitative estimate of drug-likeness (QED) is 0.658. The second kappa shape index (κ2) is 6.32. The van der Waals surface area contributed by atoms with Gasteiger partial charge in [0, 0.05) is 19.6 Å². The number of hydrogen-bond acceptors (Lipinski definition) is 5. The van der Waals surface area contributed by atoms with Crippen LogP contribution in [0.15, 0.2) is 0 Å². The molecule has 0 aliphatic carbocycles. The van der Waals surface area contributed by atoms with Crippen molar-refractivity contribution in [2.24, 2.45) is 0 Å². The highest BCUT2D eigenvalue weighted by Crippen LogP contribution is 2.12. The van der Waals surface area contributed by atoms with E-state index in [4.69, 9.17) is 4.74 Å². The number of sulfonamides is 1. The first-order valence-corrected chi connectivity index (χ1v) is 7.40. The average molecular weight is 264 g/mol. The van der Waals surface area contributed by atoms with Crippen LogP contribution in [0.5, 0.6) is 0 Å². The number of ether oxygens (including phenoxy) is 1. The summed E-state index contributed by atoms with van der Waals surface area (Å²) < 4.78 is 29.9. The molecule has 0 bridgehead atoms. The number of esters is 1. The van der Waals surface area contributed by atoms with Crippen molar-refractivity contribution in [3.8, 4) is 0 Å². The van der Waals surface area contributed by atoms with Gasteiger partial charge in [0.25, 0.3) is 0 Å². The molecule has 1 N–H and O–H groups in total. The van der Waals surface area contributed by atoms with Gasteiger partial charge in [-0.1, -0.05) is 0 Å². The average Bonchev–Trinajstić information content (AvgIpc) is 2.79. The van der Waals surface area contributed by atoms with Gasteiger partial charge in [-0.15, -0.1) is 0 Å². The number of hydrogen-bond donors (Lipinski definition) is 1. The highest BCUT2D eigenvalue weighted by Gasteiger charge is 2.28. The van der Waals surface area contributed by atoms with Gasteiger partial charge in [-0.25, -0.2) is 12.7 Å². The molecule has 1 rings (SSSR count). The molecule has 0 spiro atoms. The molecule has 7 heteroatoms. The largest absolute Gasteiger partial charge is 0.466 e. The normalized spacial score (nSPS) is 20.8. The standard InChI is InChI=1S/C10H20N2O4S/c1-3-16-10(13)5-7-17(14,15)12(2)9-4-6-11-8-9/h9,11H,3-8H2,1-2H3. The summed E-state index contributed by atoms with van der Waals surface area (Å²) >= 11 is 0. The summed E-state index contributed by atoms with van der Waals surface area (Å²) in [7, 11) is -1.80. The molecule has 17 heavy (non-hydrogen) atoms. The topological polar surface area (TPSA) is 75.7 Å². The predicted octanol–water partition coefficient (Wildman–Crippen LogP) is -0.437. The van der Waals surface area contributed by atoms with Gasteiger partial charge < -0.3 is 10.1 Å². The van der Waals surface area contributed by atoms with Gasteiger partial charge >= 0.3 is 5.97 Å². The lowest BCUT2D eigenvalue weighted by Gasteiger charge is -2.22. The Bertz CT molecular complexity index is 349. The molecule has 1 fully saturated rings. The van der Waals surface area contributed by atoms with Crippen LogP contribution >= 0.6 is 0 Å². The molecule has 0 aromatic carbocycles. The van der Waals surface area contributed by atoms with Crippen LogP contribution in [0.3, 0.4) is 0 Å². The predicted molar refractivity (Wildman–Crippen MR) is 64.1 cm³/mol. The second-order valence-corrected chi connectivity index (χ2v) is 6.18. The first-order chi connectivity index (χ1) is 7.97. The molecule has 0 aromatic rings. The molecule has 0 amide bonds. The Labute approximate surface area is 102 Å². The van der Waals surface area contributed by atoms with Crippen LogP contribution in [-0.2, 0) is 19.6 Å². The van der Waals surface area contributed by atoms with Gasteiger partial charge in [0.05, 0.1) is 18.8 Å². The Morgan fingerprint density at radius 2 is 2.24 bits per heavy atom. The Morgan fingerprint density at radius 3 is 2.76 bits per heavy atom. The Balaban J connectivity index is 2.46. The van der Waals surface area contributed by atoms with Crippen LogP contribution in [0.25, 0.3) is 0 Å². The van der Waals surface area contributed by atoms with Crippen LogP contribution in [0.1, 0.15) is 19.8 Å². The van der Waals surface area contributed by atoms with Crippen LogP contribution in [0.2, 0.25) is 0 Å². The zero-order valence-corrected chi connectivity index (χ0v) is 11.1. The molecule has 1 aliphatic rings. The maximum absolute atomic E-state index is 11.9. The third-order valence-electron chi connectivity index (χ3n) is 2.86. The van der Waals surface area contributed by atoms with Gasteiger partial charge in [-0.2, -0.15) is 0 Å². The Morgan fingerprint density at radius 1 is 1.53 bits per heavy atom. The van der Waals surface area contributed by atoms with E-state index in [1.54, 1.807) is 14.0 Å². The van der Waals surface area contributed by atoms with Crippen molar-refractivity contribution in [2.45, 2.75) is 25.8 Å². The molecular weight excluding hydrogens is 244 g/mol. The third-order valence-corrected chi connectivity index (χ3v) is 4.75. The van der Waals surface area contributed by atoms with Gasteiger partial charge in [0.2, 0.25) is 10.0 Å². The van der Waals surface area contributed by atoms with Crippen molar-refractivity contribution in [2.75, 3.05) is 32.5 Å². The van der Waals surface area contributed by atoms with E-state index in [0.717, 1.165) is 13.0 Å². The zero-order valence-electron chi connectivity index (χ0n) is 10.3. The maximum atomic E-state index is 11.9. The summed E-state index contributed by atoms with van der Waals surface area (Å²) in [6, 6.07) is 0.00203. The van der Waals surface area contributed by atoms with E-state index in [0.29, 0.717) is 6.54 Å². The summed E-state index contributed by atoms with van der Waals surface area (Å²) in [4.78, 5) is 11.1. The number of nitrogens with zero attached hydrogens (tertiary/aromatic N) is 1. The lowest BCUT2D eigenvalue weighted by atomic mass is 10.3. The molecule has 6 nitrogen and oxygen atoms in total.